The molecule has 1 aromatic carbocycles. The Labute approximate surface area is 149 Å². The van der Waals surface area contributed by atoms with Crippen LogP contribution >= 0.6 is 11.3 Å². The van der Waals surface area contributed by atoms with Crippen molar-refractivity contribution in [2.45, 2.75) is 33.4 Å². The van der Waals surface area contributed by atoms with E-state index in [9.17, 15) is 4.79 Å². The molecule has 1 N–H and O–H groups in total. The minimum atomic E-state index is -0.175. The van der Waals surface area contributed by atoms with Crippen LogP contribution in [0.2, 0.25) is 0 Å². The van der Waals surface area contributed by atoms with E-state index in [-0.39, 0.29) is 12.5 Å². The molecule has 0 bridgehead atoms. The second kappa shape index (κ2) is 7.94. The van der Waals surface area contributed by atoms with E-state index in [1.54, 1.807) is 36.5 Å². The number of aryl methyl sites for hydroxylation is 2. The lowest BCUT2D eigenvalue weighted by Gasteiger charge is -2.10. The van der Waals surface area contributed by atoms with Crippen LogP contribution in [0.1, 0.15) is 38.8 Å². The van der Waals surface area contributed by atoms with Gasteiger partial charge in [0.15, 0.2) is 6.61 Å². The highest BCUT2D eigenvalue weighted by atomic mass is 32.1. The van der Waals surface area contributed by atoms with Crippen molar-refractivity contribution < 1.29 is 14.1 Å². The van der Waals surface area contributed by atoms with Crippen LogP contribution in [0, 0.1) is 6.92 Å². The average Bonchev–Trinajstić information content (AvgIpc) is 3.26. The first-order valence-electron chi connectivity index (χ1n) is 8.02. The van der Waals surface area contributed by atoms with Crippen molar-refractivity contribution in [2.75, 3.05) is 0 Å². The normalized spacial score (nSPS) is 10.6. The quantitative estimate of drug-likeness (QED) is 0.700. The number of ether oxygens (including phenoxy) is 1. The lowest BCUT2D eigenvalue weighted by atomic mass is 10.2. The Morgan fingerprint density at radius 1 is 1.24 bits per heavy atom. The van der Waals surface area contributed by atoms with E-state index in [0.29, 0.717) is 29.6 Å². The summed E-state index contributed by atoms with van der Waals surface area (Å²) in [6.07, 6.45) is 1.00. The third-order valence-electron chi connectivity index (χ3n) is 3.55. The van der Waals surface area contributed by atoms with E-state index in [1.165, 1.54) is 4.88 Å². The fraction of sp³-hybridized carbons (Fsp3) is 0.278. The van der Waals surface area contributed by atoms with Crippen molar-refractivity contribution in [3.63, 3.8) is 0 Å². The molecule has 0 spiro atoms. The predicted molar refractivity (Wildman–Crippen MR) is 94.7 cm³/mol. The molecule has 6 nitrogen and oxygen atoms in total. The van der Waals surface area contributed by atoms with Crippen LogP contribution < -0.4 is 10.1 Å². The van der Waals surface area contributed by atoms with Crippen molar-refractivity contribution in [1.29, 1.82) is 0 Å². The number of aromatic nitrogens is 2. The summed E-state index contributed by atoms with van der Waals surface area (Å²) in [5.41, 5.74) is 0.481. The highest BCUT2D eigenvalue weighted by molar-refractivity contribution is 7.11. The molecule has 0 saturated heterocycles. The monoisotopic (exact) mass is 357 g/mol. The standard InChI is InChI=1S/C18H19N3O3S/c1-3-13-8-9-14(25-13)10-19-18(22)15-6-4-5-7-16(15)23-11-17-20-12(2)24-21-17/h4-9H,3,10-11H2,1-2H3,(H,19,22). The second-order valence-electron chi connectivity index (χ2n) is 5.42. The van der Waals surface area contributed by atoms with Gasteiger partial charge in [0.05, 0.1) is 12.1 Å². The van der Waals surface area contributed by atoms with Crippen LogP contribution in [0.4, 0.5) is 0 Å². The number of carbonyl (C=O) groups is 1. The zero-order valence-electron chi connectivity index (χ0n) is 14.1. The Balaban J connectivity index is 1.63. The molecule has 0 radical (unpaired) electrons. The van der Waals surface area contributed by atoms with Crippen LogP contribution in [0.15, 0.2) is 40.9 Å². The summed E-state index contributed by atoms with van der Waals surface area (Å²) in [7, 11) is 0. The van der Waals surface area contributed by atoms with Gasteiger partial charge in [0.1, 0.15) is 5.75 Å². The molecule has 0 aliphatic carbocycles. The van der Waals surface area contributed by atoms with Gasteiger partial charge in [-0.1, -0.05) is 24.2 Å². The molecule has 0 saturated carbocycles. The first-order valence-corrected chi connectivity index (χ1v) is 8.84. The number of nitrogens with zero attached hydrogens (tertiary/aromatic N) is 2. The highest BCUT2D eigenvalue weighted by Crippen LogP contribution is 2.20. The Hall–Kier alpha value is -2.67. The molecule has 0 aliphatic rings. The third kappa shape index (κ3) is 4.45. The predicted octanol–water partition coefficient (Wildman–Crippen LogP) is 3.51. The van der Waals surface area contributed by atoms with Crippen molar-refractivity contribution in [3.8, 4) is 5.75 Å². The first-order chi connectivity index (χ1) is 12.2. The number of rotatable bonds is 7. The fourth-order valence-electron chi connectivity index (χ4n) is 2.29. The first kappa shape index (κ1) is 17.2. The maximum atomic E-state index is 12.5. The van der Waals surface area contributed by atoms with Crippen molar-refractivity contribution >= 4 is 17.2 Å². The number of hydrogen-bond acceptors (Lipinski definition) is 6. The Bertz CT molecular complexity index is 857. The summed E-state index contributed by atoms with van der Waals surface area (Å²) >= 11 is 1.71. The fourth-order valence-corrected chi connectivity index (χ4v) is 3.19. The van der Waals surface area contributed by atoms with Crippen LogP contribution in [-0.4, -0.2) is 16.0 Å². The highest BCUT2D eigenvalue weighted by Gasteiger charge is 2.13. The molecule has 1 amide bonds. The summed E-state index contributed by atoms with van der Waals surface area (Å²) in [6, 6.07) is 11.3. The van der Waals surface area contributed by atoms with Gasteiger partial charge in [0.2, 0.25) is 11.7 Å². The van der Waals surface area contributed by atoms with Gasteiger partial charge < -0.3 is 14.6 Å². The number of para-hydroxylation sites is 1. The Morgan fingerprint density at radius 3 is 2.76 bits per heavy atom. The van der Waals surface area contributed by atoms with Crippen LogP contribution in [0.3, 0.4) is 0 Å². The molecule has 2 aromatic heterocycles. The number of amides is 1. The molecule has 7 heteroatoms. The number of thiophene rings is 1. The van der Waals surface area contributed by atoms with Gasteiger partial charge in [0.25, 0.3) is 5.91 Å². The van der Waals surface area contributed by atoms with Crippen LogP contribution in [0.5, 0.6) is 5.75 Å². The van der Waals surface area contributed by atoms with Gasteiger partial charge in [-0.2, -0.15) is 4.98 Å². The van der Waals surface area contributed by atoms with Crippen molar-refractivity contribution in [1.82, 2.24) is 15.5 Å². The van der Waals surface area contributed by atoms with Gasteiger partial charge in [0, 0.05) is 16.7 Å². The summed E-state index contributed by atoms with van der Waals surface area (Å²) in [5, 5.41) is 6.72. The van der Waals surface area contributed by atoms with Crippen molar-refractivity contribution in [3.05, 3.63) is 63.4 Å². The van der Waals surface area contributed by atoms with Crippen LogP contribution in [0.25, 0.3) is 0 Å². The van der Waals surface area contributed by atoms with Crippen LogP contribution in [-0.2, 0) is 19.6 Å². The minimum Gasteiger partial charge on any atom is -0.485 e. The molecule has 0 unspecified atom stereocenters. The summed E-state index contributed by atoms with van der Waals surface area (Å²) < 4.78 is 10.6. The molecule has 25 heavy (non-hydrogen) atoms. The number of nitrogens with one attached hydrogen (secondary N) is 1. The Morgan fingerprint density at radius 2 is 2.04 bits per heavy atom. The molecule has 3 aromatic rings. The maximum absolute atomic E-state index is 12.5. The van der Waals surface area contributed by atoms with E-state index in [2.05, 4.69) is 28.4 Å². The number of carbonyl (C=O) groups excluding carboxylic acids is 1. The average molecular weight is 357 g/mol. The minimum absolute atomic E-state index is 0.145. The molecular weight excluding hydrogens is 338 g/mol. The van der Waals surface area contributed by atoms with Crippen molar-refractivity contribution in [2.24, 2.45) is 0 Å². The molecule has 0 aliphatic heterocycles. The Kier molecular flexibility index (Phi) is 5.45. The van der Waals surface area contributed by atoms with Gasteiger partial charge in [-0.25, -0.2) is 0 Å². The molecule has 130 valence electrons. The van der Waals surface area contributed by atoms with E-state index in [4.69, 9.17) is 9.26 Å². The number of benzene rings is 1. The SMILES string of the molecule is CCc1ccc(CNC(=O)c2ccccc2OCc2noc(C)n2)s1. The van der Waals surface area contributed by atoms with Gasteiger partial charge in [-0.15, -0.1) is 11.3 Å². The van der Waals surface area contributed by atoms with Gasteiger partial charge in [-0.05, 0) is 30.7 Å². The zero-order chi connectivity index (χ0) is 17.6. The third-order valence-corrected chi connectivity index (χ3v) is 4.78. The van der Waals surface area contributed by atoms with E-state index in [1.807, 2.05) is 12.1 Å². The second-order valence-corrected chi connectivity index (χ2v) is 6.67. The van der Waals surface area contributed by atoms with E-state index >= 15 is 0 Å². The topological polar surface area (TPSA) is 77.2 Å². The summed E-state index contributed by atoms with van der Waals surface area (Å²) in [4.78, 5) is 19.0. The van der Waals surface area contributed by atoms with E-state index < -0.39 is 0 Å². The molecule has 0 fully saturated rings. The lowest BCUT2D eigenvalue weighted by Crippen LogP contribution is -2.23. The van der Waals surface area contributed by atoms with Gasteiger partial charge in [-0.3, -0.25) is 4.79 Å². The lowest BCUT2D eigenvalue weighted by molar-refractivity contribution is 0.0946. The molecule has 0 atom stereocenters. The largest absolute Gasteiger partial charge is 0.485 e. The van der Waals surface area contributed by atoms with Gasteiger partial charge >= 0.3 is 0 Å². The van der Waals surface area contributed by atoms with E-state index in [0.717, 1.165) is 11.3 Å². The molecule has 2 heterocycles. The smallest absolute Gasteiger partial charge is 0.255 e. The summed E-state index contributed by atoms with van der Waals surface area (Å²) in [6.45, 7) is 4.48. The zero-order valence-corrected chi connectivity index (χ0v) is 14.9. The molecule has 3 rings (SSSR count). The molecular formula is C18H19N3O3S. The number of hydrogen-bond donors (Lipinski definition) is 1. The summed E-state index contributed by atoms with van der Waals surface area (Å²) in [5.74, 6) is 1.24. The maximum Gasteiger partial charge on any atom is 0.255 e.